The van der Waals surface area contributed by atoms with Crippen LogP contribution >= 0.6 is 0 Å². The lowest BCUT2D eigenvalue weighted by Crippen LogP contribution is -2.49. The molecule has 1 saturated carbocycles. The lowest BCUT2D eigenvalue weighted by Gasteiger charge is -2.37. The fourth-order valence-corrected chi connectivity index (χ4v) is 3.05. The topological polar surface area (TPSA) is 32.3 Å². The SMILES string of the molecule is CC(CC1CC1)NC1CCN(C(=O)C(C)(C)C)CC1. The van der Waals surface area contributed by atoms with Crippen molar-refractivity contribution in [1.82, 2.24) is 10.2 Å². The van der Waals surface area contributed by atoms with Crippen LogP contribution in [-0.2, 0) is 4.79 Å². The molecular formula is C16H30N2O. The van der Waals surface area contributed by atoms with Crippen LogP contribution in [0, 0.1) is 11.3 Å². The zero-order chi connectivity index (χ0) is 14.0. The zero-order valence-electron chi connectivity index (χ0n) is 13.0. The molecule has 0 aromatic rings. The second-order valence-corrected chi connectivity index (χ2v) is 7.56. The molecule has 0 aromatic carbocycles. The van der Waals surface area contributed by atoms with E-state index < -0.39 is 0 Å². The number of amides is 1. The molecule has 1 amide bonds. The summed E-state index contributed by atoms with van der Waals surface area (Å²) in [6.45, 7) is 10.2. The Morgan fingerprint density at radius 2 is 1.79 bits per heavy atom. The van der Waals surface area contributed by atoms with Crippen molar-refractivity contribution in [2.45, 2.75) is 71.9 Å². The van der Waals surface area contributed by atoms with Gasteiger partial charge in [0.25, 0.3) is 0 Å². The van der Waals surface area contributed by atoms with Crippen molar-refractivity contribution in [1.29, 1.82) is 0 Å². The number of carbonyl (C=O) groups is 1. The molecule has 2 aliphatic rings. The standard InChI is InChI=1S/C16H30N2O/c1-12(11-13-5-6-13)17-14-7-9-18(10-8-14)15(19)16(2,3)4/h12-14,17H,5-11H2,1-4H3. The Balaban J connectivity index is 1.71. The maximum Gasteiger partial charge on any atom is 0.227 e. The van der Waals surface area contributed by atoms with Crippen LogP contribution in [0.4, 0.5) is 0 Å². The average Bonchev–Trinajstić information content (AvgIpc) is 3.11. The minimum Gasteiger partial charge on any atom is -0.342 e. The zero-order valence-corrected chi connectivity index (χ0v) is 13.0. The molecule has 1 atom stereocenters. The van der Waals surface area contributed by atoms with E-state index in [2.05, 4.69) is 12.2 Å². The van der Waals surface area contributed by atoms with Gasteiger partial charge in [-0.1, -0.05) is 33.6 Å². The molecule has 1 aliphatic carbocycles. The van der Waals surface area contributed by atoms with Crippen molar-refractivity contribution in [2.75, 3.05) is 13.1 Å². The highest BCUT2D eigenvalue weighted by atomic mass is 16.2. The fourth-order valence-electron chi connectivity index (χ4n) is 3.05. The van der Waals surface area contributed by atoms with E-state index in [1.54, 1.807) is 0 Å². The summed E-state index contributed by atoms with van der Waals surface area (Å²) < 4.78 is 0. The first-order valence-corrected chi connectivity index (χ1v) is 7.91. The quantitative estimate of drug-likeness (QED) is 0.848. The second-order valence-electron chi connectivity index (χ2n) is 7.56. The van der Waals surface area contributed by atoms with E-state index in [9.17, 15) is 4.79 Å². The lowest BCUT2D eigenvalue weighted by atomic mass is 9.93. The van der Waals surface area contributed by atoms with Gasteiger partial charge in [0.2, 0.25) is 5.91 Å². The van der Waals surface area contributed by atoms with E-state index in [-0.39, 0.29) is 5.41 Å². The average molecular weight is 266 g/mol. The van der Waals surface area contributed by atoms with Crippen molar-refractivity contribution >= 4 is 5.91 Å². The van der Waals surface area contributed by atoms with Gasteiger partial charge in [-0.3, -0.25) is 4.79 Å². The number of carbonyl (C=O) groups excluding carboxylic acids is 1. The van der Waals surface area contributed by atoms with Crippen LogP contribution in [-0.4, -0.2) is 36.0 Å². The Hall–Kier alpha value is -0.570. The molecule has 3 heteroatoms. The number of hydrogen-bond donors (Lipinski definition) is 1. The minimum absolute atomic E-state index is 0.237. The predicted octanol–water partition coefficient (Wildman–Crippen LogP) is 2.80. The fraction of sp³-hybridized carbons (Fsp3) is 0.938. The third-order valence-electron chi connectivity index (χ3n) is 4.33. The summed E-state index contributed by atoms with van der Waals surface area (Å²) in [7, 11) is 0. The molecule has 0 bridgehead atoms. The largest absolute Gasteiger partial charge is 0.342 e. The molecule has 1 saturated heterocycles. The van der Waals surface area contributed by atoms with E-state index in [4.69, 9.17) is 0 Å². The van der Waals surface area contributed by atoms with Crippen LogP contribution in [0.3, 0.4) is 0 Å². The minimum atomic E-state index is -0.237. The molecule has 3 nitrogen and oxygen atoms in total. The highest BCUT2D eigenvalue weighted by molar-refractivity contribution is 5.81. The molecule has 0 radical (unpaired) electrons. The molecule has 0 spiro atoms. The van der Waals surface area contributed by atoms with Gasteiger partial charge in [0.15, 0.2) is 0 Å². The van der Waals surface area contributed by atoms with Crippen LogP contribution in [0.25, 0.3) is 0 Å². The number of rotatable bonds is 4. The molecule has 1 unspecified atom stereocenters. The Bertz CT molecular complexity index is 309. The van der Waals surface area contributed by atoms with Crippen LogP contribution in [0.2, 0.25) is 0 Å². The second kappa shape index (κ2) is 5.82. The number of piperidine rings is 1. The molecule has 0 aromatic heterocycles. The lowest BCUT2D eigenvalue weighted by molar-refractivity contribution is -0.140. The smallest absolute Gasteiger partial charge is 0.227 e. The van der Waals surface area contributed by atoms with Crippen molar-refractivity contribution in [3.8, 4) is 0 Å². The Morgan fingerprint density at radius 3 is 2.26 bits per heavy atom. The van der Waals surface area contributed by atoms with Gasteiger partial charge in [0.1, 0.15) is 0 Å². The Morgan fingerprint density at radius 1 is 1.21 bits per heavy atom. The Labute approximate surface area is 118 Å². The molecule has 1 aliphatic heterocycles. The van der Waals surface area contributed by atoms with Gasteiger partial charge in [-0.05, 0) is 32.1 Å². The van der Waals surface area contributed by atoms with Gasteiger partial charge in [-0.2, -0.15) is 0 Å². The van der Waals surface area contributed by atoms with Crippen molar-refractivity contribution < 1.29 is 4.79 Å². The first kappa shape index (κ1) is 14.8. The molecule has 1 heterocycles. The summed E-state index contributed by atoms with van der Waals surface area (Å²) in [5, 5.41) is 3.75. The number of nitrogens with zero attached hydrogens (tertiary/aromatic N) is 1. The van der Waals surface area contributed by atoms with Crippen molar-refractivity contribution in [3.05, 3.63) is 0 Å². The summed E-state index contributed by atoms with van der Waals surface area (Å²) in [6, 6.07) is 1.25. The first-order valence-electron chi connectivity index (χ1n) is 7.91. The summed E-state index contributed by atoms with van der Waals surface area (Å²) in [4.78, 5) is 14.3. The van der Waals surface area contributed by atoms with Gasteiger partial charge < -0.3 is 10.2 Å². The first-order chi connectivity index (χ1) is 8.86. The molecule has 2 fully saturated rings. The third kappa shape index (κ3) is 4.48. The van der Waals surface area contributed by atoms with Crippen molar-refractivity contribution in [2.24, 2.45) is 11.3 Å². The molecule has 110 valence electrons. The van der Waals surface area contributed by atoms with E-state index in [0.29, 0.717) is 18.0 Å². The number of hydrogen-bond acceptors (Lipinski definition) is 2. The third-order valence-corrected chi connectivity index (χ3v) is 4.33. The van der Waals surface area contributed by atoms with E-state index in [0.717, 1.165) is 31.8 Å². The van der Waals surface area contributed by atoms with Crippen molar-refractivity contribution in [3.63, 3.8) is 0 Å². The summed E-state index contributed by atoms with van der Waals surface area (Å²) in [5.41, 5.74) is -0.237. The van der Waals surface area contributed by atoms with Gasteiger partial charge in [-0.25, -0.2) is 0 Å². The normalized spacial score (nSPS) is 23.5. The van der Waals surface area contributed by atoms with Gasteiger partial charge in [-0.15, -0.1) is 0 Å². The van der Waals surface area contributed by atoms with Crippen LogP contribution in [0.15, 0.2) is 0 Å². The van der Waals surface area contributed by atoms with E-state index in [1.807, 2.05) is 25.7 Å². The number of likely N-dealkylation sites (tertiary alicyclic amines) is 1. The van der Waals surface area contributed by atoms with Gasteiger partial charge in [0.05, 0.1) is 0 Å². The predicted molar refractivity (Wildman–Crippen MR) is 79.0 cm³/mol. The summed E-state index contributed by atoms with van der Waals surface area (Å²) in [5.74, 6) is 1.29. The Kier molecular flexibility index (Phi) is 4.54. The summed E-state index contributed by atoms with van der Waals surface area (Å²) in [6.07, 6.45) is 6.42. The monoisotopic (exact) mass is 266 g/mol. The van der Waals surface area contributed by atoms with Crippen LogP contribution < -0.4 is 5.32 Å². The molecule has 1 N–H and O–H groups in total. The highest BCUT2D eigenvalue weighted by Gasteiger charge is 2.31. The van der Waals surface area contributed by atoms with Crippen LogP contribution in [0.5, 0.6) is 0 Å². The van der Waals surface area contributed by atoms with Gasteiger partial charge in [0, 0.05) is 30.6 Å². The highest BCUT2D eigenvalue weighted by Crippen LogP contribution is 2.33. The van der Waals surface area contributed by atoms with E-state index in [1.165, 1.54) is 19.3 Å². The van der Waals surface area contributed by atoms with Crippen LogP contribution in [0.1, 0.15) is 59.8 Å². The molecular weight excluding hydrogens is 236 g/mol. The maximum atomic E-state index is 12.2. The summed E-state index contributed by atoms with van der Waals surface area (Å²) >= 11 is 0. The van der Waals surface area contributed by atoms with Gasteiger partial charge >= 0.3 is 0 Å². The number of nitrogens with one attached hydrogen (secondary N) is 1. The molecule has 19 heavy (non-hydrogen) atoms. The molecule has 2 rings (SSSR count). The maximum absolute atomic E-state index is 12.2. The van der Waals surface area contributed by atoms with E-state index >= 15 is 0 Å².